The topological polar surface area (TPSA) is 43.4 Å². The van der Waals surface area contributed by atoms with E-state index >= 15 is 0 Å². The Labute approximate surface area is 70.5 Å². The molecule has 0 aromatic heterocycles. The fourth-order valence-electron chi connectivity index (χ4n) is 0.495. The molecule has 11 heavy (non-hydrogen) atoms. The third-order valence-electron chi connectivity index (χ3n) is 1.13. The smallest absolute Gasteiger partial charge is 0.306 e. The van der Waals surface area contributed by atoms with Crippen molar-refractivity contribution in [1.82, 2.24) is 0 Å². The number of esters is 1. The van der Waals surface area contributed by atoms with E-state index in [0.29, 0.717) is 6.42 Å². The summed E-state index contributed by atoms with van der Waals surface area (Å²) in [4.78, 5) is 21.5. The normalized spacial score (nSPS) is 12.3. The van der Waals surface area contributed by atoms with Crippen molar-refractivity contribution in [2.24, 2.45) is 0 Å². The van der Waals surface area contributed by atoms with Crippen molar-refractivity contribution in [3.05, 3.63) is 0 Å². The van der Waals surface area contributed by atoms with Crippen LogP contribution in [0.5, 0.6) is 0 Å². The summed E-state index contributed by atoms with van der Waals surface area (Å²) in [5.41, 5.74) is 0. The van der Waals surface area contributed by atoms with Crippen LogP contribution >= 0.6 is 11.8 Å². The van der Waals surface area contributed by atoms with Crippen LogP contribution in [0.2, 0.25) is 0 Å². The number of carbonyl (C=O) groups is 2. The number of ether oxygens (including phenoxy) is 1. The van der Waals surface area contributed by atoms with Gasteiger partial charge in [-0.25, -0.2) is 0 Å². The van der Waals surface area contributed by atoms with Crippen molar-refractivity contribution in [3.63, 3.8) is 0 Å². The van der Waals surface area contributed by atoms with E-state index in [1.54, 1.807) is 20.1 Å². The van der Waals surface area contributed by atoms with E-state index in [4.69, 9.17) is 4.74 Å². The number of thioether (sulfide) groups is 1. The predicted molar refractivity (Wildman–Crippen MR) is 44.4 cm³/mol. The van der Waals surface area contributed by atoms with E-state index in [1.165, 1.54) is 0 Å². The van der Waals surface area contributed by atoms with Crippen LogP contribution in [-0.2, 0) is 14.3 Å². The monoisotopic (exact) mass is 176 g/mol. The molecule has 0 aromatic rings. The standard InChI is InChI=1S/C7H12O3S/c1-4-6(8)10-5(2)7(9)11-3/h5H,4H2,1-3H3. The van der Waals surface area contributed by atoms with Crippen LogP contribution in [0.1, 0.15) is 20.3 Å². The van der Waals surface area contributed by atoms with Crippen molar-refractivity contribution < 1.29 is 14.3 Å². The highest BCUT2D eigenvalue weighted by molar-refractivity contribution is 8.13. The highest BCUT2D eigenvalue weighted by Crippen LogP contribution is 2.04. The van der Waals surface area contributed by atoms with Crippen LogP contribution in [0.25, 0.3) is 0 Å². The molecule has 64 valence electrons. The Bertz CT molecular complexity index is 156. The predicted octanol–water partition coefficient (Wildman–Crippen LogP) is 1.22. The zero-order valence-electron chi connectivity index (χ0n) is 6.92. The van der Waals surface area contributed by atoms with Crippen LogP contribution in [0.3, 0.4) is 0 Å². The maximum atomic E-state index is 10.8. The summed E-state index contributed by atoms with van der Waals surface area (Å²) >= 11 is 1.07. The Morgan fingerprint density at radius 2 is 2.09 bits per heavy atom. The lowest BCUT2D eigenvalue weighted by atomic mass is 10.4. The molecule has 0 spiro atoms. The average molecular weight is 176 g/mol. The number of rotatable bonds is 3. The van der Waals surface area contributed by atoms with E-state index in [1.807, 2.05) is 0 Å². The fourth-order valence-corrected chi connectivity index (χ4v) is 0.875. The lowest BCUT2D eigenvalue weighted by Crippen LogP contribution is -2.20. The molecule has 3 nitrogen and oxygen atoms in total. The minimum absolute atomic E-state index is 0.119. The second kappa shape index (κ2) is 5.18. The van der Waals surface area contributed by atoms with Gasteiger partial charge in [-0.2, -0.15) is 0 Å². The maximum absolute atomic E-state index is 10.8. The highest BCUT2D eigenvalue weighted by atomic mass is 32.2. The quantitative estimate of drug-likeness (QED) is 0.606. The van der Waals surface area contributed by atoms with Gasteiger partial charge in [0, 0.05) is 6.42 Å². The maximum Gasteiger partial charge on any atom is 0.306 e. The zero-order chi connectivity index (χ0) is 8.85. The second-order valence-corrected chi connectivity index (χ2v) is 2.82. The molecule has 0 amide bonds. The Kier molecular flexibility index (Phi) is 4.94. The Morgan fingerprint density at radius 1 is 1.55 bits per heavy atom. The summed E-state index contributed by atoms with van der Waals surface area (Å²) in [5, 5.41) is -0.119. The molecule has 0 bridgehead atoms. The minimum Gasteiger partial charge on any atom is -0.454 e. The lowest BCUT2D eigenvalue weighted by Gasteiger charge is -2.08. The van der Waals surface area contributed by atoms with Crippen molar-refractivity contribution in [2.45, 2.75) is 26.4 Å². The van der Waals surface area contributed by atoms with Gasteiger partial charge < -0.3 is 4.74 Å². The molecular weight excluding hydrogens is 164 g/mol. The molecular formula is C7H12O3S. The minimum atomic E-state index is -0.613. The van der Waals surface area contributed by atoms with Crippen LogP contribution in [0.15, 0.2) is 0 Å². The third kappa shape index (κ3) is 4.03. The van der Waals surface area contributed by atoms with Crippen molar-refractivity contribution in [3.8, 4) is 0 Å². The Morgan fingerprint density at radius 3 is 2.45 bits per heavy atom. The van der Waals surface area contributed by atoms with Crippen LogP contribution in [0.4, 0.5) is 0 Å². The first-order chi connectivity index (χ1) is 5.11. The van der Waals surface area contributed by atoms with Gasteiger partial charge in [-0.3, -0.25) is 9.59 Å². The lowest BCUT2D eigenvalue weighted by molar-refractivity contribution is -0.151. The van der Waals surface area contributed by atoms with E-state index in [-0.39, 0.29) is 11.1 Å². The largest absolute Gasteiger partial charge is 0.454 e. The molecule has 0 radical (unpaired) electrons. The van der Waals surface area contributed by atoms with Gasteiger partial charge in [-0.1, -0.05) is 18.7 Å². The van der Waals surface area contributed by atoms with Gasteiger partial charge in [0.2, 0.25) is 5.12 Å². The van der Waals surface area contributed by atoms with Gasteiger partial charge in [0.1, 0.15) is 0 Å². The molecule has 0 rings (SSSR count). The molecule has 1 unspecified atom stereocenters. The van der Waals surface area contributed by atoms with Crippen molar-refractivity contribution >= 4 is 22.8 Å². The summed E-state index contributed by atoms with van der Waals surface area (Å²) < 4.78 is 4.74. The first-order valence-corrected chi connectivity index (χ1v) is 4.61. The van der Waals surface area contributed by atoms with E-state index in [2.05, 4.69) is 0 Å². The van der Waals surface area contributed by atoms with Crippen LogP contribution < -0.4 is 0 Å². The SMILES string of the molecule is CCC(=O)OC(C)C(=O)SC. The summed E-state index contributed by atoms with van der Waals surface area (Å²) in [6, 6.07) is 0. The summed E-state index contributed by atoms with van der Waals surface area (Å²) in [6.07, 6.45) is 1.36. The number of hydrogen-bond donors (Lipinski definition) is 0. The van der Waals surface area contributed by atoms with E-state index in [9.17, 15) is 9.59 Å². The van der Waals surface area contributed by atoms with Gasteiger partial charge in [0.05, 0.1) is 0 Å². The zero-order valence-corrected chi connectivity index (χ0v) is 7.73. The first-order valence-electron chi connectivity index (χ1n) is 3.39. The molecule has 0 aliphatic heterocycles. The molecule has 0 aliphatic carbocycles. The molecule has 4 heteroatoms. The van der Waals surface area contributed by atoms with Crippen LogP contribution in [0, 0.1) is 0 Å². The molecule has 0 saturated heterocycles. The Balaban J connectivity index is 3.77. The third-order valence-corrected chi connectivity index (χ3v) is 1.86. The molecule has 0 heterocycles. The van der Waals surface area contributed by atoms with Crippen molar-refractivity contribution in [1.29, 1.82) is 0 Å². The van der Waals surface area contributed by atoms with Gasteiger partial charge in [0.25, 0.3) is 0 Å². The van der Waals surface area contributed by atoms with E-state index < -0.39 is 6.10 Å². The van der Waals surface area contributed by atoms with Crippen molar-refractivity contribution in [2.75, 3.05) is 6.26 Å². The molecule has 0 N–H and O–H groups in total. The number of carbonyl (C=O) groups excluding carboxylic acids is 2. The highest BCUT2D eigenvalue weighted by Gasteiger charge is 2.14. The van der Waals surface area contributed by atoms with Gasteiger partial charge in [-0.15, -0.1) is 0 Å². The van der Waals surface area contributed by atoms with E-state index in [0.717, 1.165) is 11.8 Å². The van der Waals surface area contributed by atoms with Gasteiger partial charge in [-0.05, 0) is 13.2 Å². The van der Waals surface area contributed by atoms with Gasteiger partial charge >= 0.3 is 5.97 Å². The molecule has 1 atom stereocenters. The fraction of sp³-hybridized carbons (Fsp3) is 0.714. The molecule has 0 saturated carbocycles. The molecule has 0 aromatic carbocycles. The second-order valence-electron chi connectivity index (χ2n) is 2.01. The summed E-state index contributed by atoms with van der Waals surface area (Å²) in [5.74, 6) is -0.333. The van der Waals surface area contributed by atoms with Crippen LogP contribution in [-0.4, -0.2) is 23.4 Å². The summed E-state index contributed by atoms with van der Waals surface area (Å²) in [7, 11) is 0. The van der Waals surface area contributed by atoms with Gasteiger partial charge in [0.15, 0.2) is 6.10 Å². The number of hydrogen-bond acceptors (Lipinski definition) is 4. The molecule has 0 aliphatic rings. The summed E-state index contributed by atoms with van der Waals surface area (Å²) in [6.45, 7) is 3.27. The Hall–Kier alpha value is -0.510. The first kappa shape index (κ1) is 10.5. The average Bonchev–Trinajstić information content (AvgIpc) is 2.02. The molecule has 0 fully saturated rings.